The van der Waals surface area contributed by atoms with E-state index in [2.05, 4.69) is 9.97 Å². The highest BCUT2D eigenvalue weighted by atomic mass is 32.2. The first-order valence-corrected chi connectivity index (χ1v) is 6.74. The summed E-state index contributed by atoms with van der Waals surface area (Å²) in [6, 6.07) is 0. The number of nitrogens with one attached hydrogen (secondary N) is 1. The lowest BCUT2D eigenvalue weighted by Gasteiger charge is -2.02. The van der Waals surface area contributed by atoms with Gasteiger partial charge in [0.25, 0.3) is 0 Å². The second-order valence-corrected chi connectivity index (χ2v) is 6.18. The van der Waals surface area contributed by atoms with Crippen LogP contribution in [0.1, 0.15) is 23.9 Å². The van der Waals surface area contributed by atoms with Gasteiger partial charge in [0.05, 0.1) is 11.5 Å². The summed E-state index contributed by atoms with van der Waals surface area (Å²) < 4.78 is 22.5. The van der Waals surface area contributed by atoms with Gasteiger partial charge in [-0.15, -0.1) is 0 Å². The van der Waals surface area contributed by atoms with E-state index in [1.165, 1.54) is 6.20 Å². The summed E-state index contributed by atoms with van der Waals surface area (Å²) in [4.78, 5) is 17.2. The van der Waals surface area contributed by atoms with Crippen LogP contribution in [0.3, 0.4) is 0 Å². The summed E-state index contributed by atoms with van der Waals surface area (Å²) in [6.45, 7) is 0. The van der Waals surface area contributed by atoms with Gasteiger partial charge in [0, 0.05) is 17.8 Å². The molecule has 0 saturated carbocycles. The van der Waals surface area contributed by atoms with Gasteiger partial charge in [-0.05, 0) is 6.42 Å². The van der Waals surface area contributed by atoms with E-state index < -0.39 is 15.8 Å². The molecule has 0 amide bonds. The van der Waals surface area contributed by atoms with Crippen molar-refractivity contribution in [2.45, 2.75) is 18.8 Å². The maximum absolute atomic E-state index is 11.3. The first-order chi connectivity index (χ1) is 7.46. The van der Waals surface area contributed by atoms with Gasteiger partial charge in [-0.1, -0.05) is 0 Å². The minimum atomic E-state index is -2.92. The zero-order valence-electron chi connectivity index (χ0n) is 8.51. The van der Waals surface area contributed by atoms with Gasteiger partial charge < -0.3 is 10.1 Å². The summed E-state index contributed by atoms with van der Waals surface area (Å²) in [7, 11) is -2.92. The Kier molecular flexibility index (Phi) is 2.71. The molecule has 1 aliphatic rings. The molecule has 0 spiro atoms. The third-order valence-corrected chi connectivity index (χ3v) is 4.41. The normalized spacial score (nSPS) is 23.4. The second kappa shape index (κ2) is 3.89. The van der Waals surface area contributed by atoms with Crippen molar-refractivity contribution in [1.29, 1.82) is 0 Å². The van der Waals surface area contributed by atoms with Gasteiger partial charge >= 0.3 is 5.97 Å². The molecule has 0 radical (unpaired) electrons. The van der Waals surface area contributed by atoms with Gasteiger partial charge in [-0.25, -0.2) is 13.4 Å². The van der Waals surface area contributed by atoms with Crippen LogP contribution >= 0.6 is 0 Å². The molecule has 0 aromatic carbocycles. The van der Waals surface area contributed by atoms with Crippen LogP contribution in [0.15, 0.2) is 6.20 Å². The zero-order valence-corrected chi connectivity index (χ0v) is 9.33. The maximum Gasteiger partial charge on any atom is 0.311 e. The minimum absolute atomic E-state index is 0.0694. The van der Waals surface area contributed by atoms with Crippen LogP contribution in [-0.2, 0) is 21.1 Å². The Bertz CT molecular complexity index is 505. The molecule has 1 unspecified atom stereocenters. The van der Waals surface area contributed by atoms with Crippen molar-refractivity contribution in [3.8, 4) is 0 Å². The summed E-state index contributed by atoms with van der Waals surface area (Å²) in [5.41, 5.74) is 0.720. The molecular weight excluding hydrogens is 232 g/mol. The van der Waals surface area contributed by atoms with Crippen LogP contribution in [0.5, 0.6) is 0 Å². The Morgan fingerprint density at radius 1 is 1.62 bits per heavy atom. The molecule has 6 nitrogen and oxygen atoms in total. The molecule has 0 aliphatic carbocycles. The fourth-order valence-electron chi connectivity index (χ4n) is 1.86. The fourth-order valence-corrected chi connectivity index (χ4v) is 3.63. The number of hydrogen-bond acceptors (Lipinski definition) is 4. The summed E-state index contributed by atoms with van der Waals surface area (Å²) in [5, 5.41) is 8.57. The van der Waals surface area contributed by atoms with E-state index in [0.717, 1.165) is 5.69 Å². The van der Waals surface area contributed by atoms with Crippen molar-refractivity contribution >= 4 is 15.8 Å². The first-order valence-electron chi connectivity index (χ1n) is 4.92. The minimum Gasteiger partial charge on any atom is -0.481 e. The predicted octanol–water partition coefficient (Wildman–Crippen LogP) is -0.0611. The Morgan fingerprint density at radius 3 is 2.94 bits per heavy atom. The molecule has 7 heteroatoms. The Hall–Kier alpha value is -1.37. The number of aromatic amines is 1. The number of sulfone groups is 1. The SMILES string of the molecule is O=C(O)Cc1ncc(C2CCS(=O)(=O)C2)[nH]1. The number of carboxylic acid groups (broad SMARTS) is 1. The van der Waals surface area contributed by atoms with E-state index >= 15 is 0 Å². The molecule has 1 aliphatic heterocycles. The summed E-state index contributed by atoms with van der Waals surface area (Å²) >= 11 is 0. The van der Waals surface area contributed by atoms with Gasteiger partial charge in [0.15, 0.2) is 9.84 Å². The van der Waals surface area contributed by atoms with Crippen LogP contribution in [0.25, 0.3) is 0 Å². The lowest BCUT2D eigenvalue weighted by Crippen LogP contribution is -2.05. The maximum atomic E-state index is 11.3. The van der Waals surface area contributed by atoms with Crippen molar-refractivity contribution in [2.75, 3.05) is 11.5 Å². The number of carbonyl (C=O) groups is 1. The Labute approximate surface area is 92.6 Å². The number of imidazole rings is 1. The van der Waals surface area contributed by atoms with Crippen LogP contribution in [0, 0.1) is 0 Å². The molecule has 1 fully saturated rings. The molecule has 1 aromatic rings. The first kappa shape index (κ1) is 11.1. The number of nitrogens with zero attached hydrogens (tertiary/aromatic N) is 1. The van der Waals surface area contributed by atoms with E-state index in [9.17, 15) is 13.2 Å². The standard InChI is InChI=1S/C9H12N2O4S/c12-9(13)3-8-10-4-7(11-8)6-1-2-16(14,15)5-6/h4,6H,1-3,5H2,(H,10,11)(H,12,13). The molecular formula is C9H12N2O4S. The average Bonchev–Trinajstić information content (AvgIpc) is 2.71. The van der Waals surface area contributed by atoms with Crippen LogP contribution in [0.4, 0.5) is 0 Å². The van der Waals surface area contributed by atoms with E-state index in [4.69, 9.17) is 5.11 Å². The molecule has 2 heterocycles. The van der Waals surface area contributed by atoms with Crippen molar-refractivity contribution < 1.29 is 18.3 Å². The van der Waals surface area contributed by atoms with Crippen molar-refractivity contribution in [3.05, 3.63) is 17.7 Å². The molecule has 2 N–H and O–H groups in total. The largest absolute Gasteiger partial charge is 0.481 e. The Morgan fingerprint density at radius 2 is 2.38 bits per heavy atom. The number of aliphatic carboxylic acids is 1. The number of rotatable bonds is 3. The van der Waals surface area contributed by atoms with Crippen molar-refractivity contribution in [1.82, 2.24) is 9.97 Å². The van der Waals surface area contributed by atoms with Crippen molar-refractivity contribution in [3.63, 3.8) is 0 Å². The molecule has 16 heavy (non-hydrogen) atoms. The quantitative estimate of drug-likeness (QED) is 0.775. The van der Waals surface area contributed by atoms with Crippen LogP contribution in [0.2, 0.25) is 0 Å². The van der Waals surface area contributed by atoms with Crippen molar-refractivity contribution in [2.24, 2.45) is 0 Å². The summed E-state index contributed by atoms with van der Waals surface area (Å²) in [6.07, 6.45) is 1.94. The molecule has 2 rings (SSSR count). The highest BCUT2D eigenvalue weighted by Gasteiger charge is 2.30. The van der Waals surface area contributed by atoms with Gasteiger partial charge in [-0.3, -0.25) is 4.79 Å². The molecule has 1 atom stereocenters. The monoisotopic (exact) mass is 244 g/mol. The van der Waals surface area contributed by atoms with Gasteiger partial charge in [0.2, 0.25) is 0 Å². The number of H-pyrrole nitrogens is 1. The van der Waals surface area contributed by atoms with Crippen LogP contribution < -0.4 is 0 Å². The fraction of sp³-hybridized carbons (Fsp3) is 0.556. The molecule has 88 valence electrons. The topological polar surface area (TPSA) is 100 Å². The van der Waals surface area contributed by atoms with Crippen LogP contribution in [-0.4, -0.2) is 41.0 Å². The zero-order chi connectivity index (χ0) is 11.8. The highest BCUT2D eigenvalue weighted by Crippen LogP contribution is 2.27. The van der Waals surface area contributed by atoms with Gasteiger partial charge in [-0.2, -0.15) is 0 Å². The van der Waals surface area contributed by atoms with E-state index in [-0.39, 0.29) is 23.8 Å². The smallest absolute Gasteiger partial charge is 0.311 e. The second-order valence-electron chi connectivity index (χ2n) is 3.96. The average molecular weight is 244 g/mol. The third kappa shape index (κ3) is 2.41. The number of carboxylic acids is 1. The molecule has 1 saturated heterocycles. The predicted molar refractivity (Wildman–Crippen MR) is 55.9 cm³/mol. The third-order valence-electron chi connectivity index (χ3n) is 2.64. The highest BCUT2D eigenvalue weighted by molar-refractivity contribution is 7.91. The number of aromatic nitrogens is 2. The Balaban J connectivity index is 2.11. The van der Waals surface area contributed by atoms with E-state index in [0.29, 0.717) is 12.2 Å². The molecule has 1 aromatic heterocycles. The van der Waals surface area contributed by atoms with E-state index in [1.54, 1.807) is 0 Å². The lowest BCUT2D eigenvalue weighted by atomic mass is 10.1. The van der Waals surface area contributed by atoms with Gasteiger partial charge in [0.1, 0.15) is 12.2 Å². The lowest BCUT2D eigenvalue weighted by molar-refractivity contribution is -0.136. The number of hydrogen-bond donors (Lipinski definition) is 2. The van der Waals surface area contributed by atoms with E-state index in [1.807, 2.05) is 0 Å². The summed E-state index contributed by atoms with van der Waals surface area (Å²) in [5.74, 6) is -0.334. The molecule has 0 bridgehead atoms.